The lowest BCUT2D eigenvalue weighted by molar-refractivity contribution is -0.0510. The summed E-state index contributed by atoms with van der Waals surface area (Å²) in [6, 6.07) is 10.4. The number of hydrogen-bond acceptors (Lipinski definition) is 4. The van der Waals surface area contributed by atoms with Crippen LogP contribution in [0.4, 0.5) is 13.2 Å². The average molecular weight is 339 g/mol. The van der Waals surface area contributed by atoms with Crippen molar-refractivity contribution in [3.63, 3.8) is 0 Å². The van der Waals surface area contributed by atoms with Gasteiger partial charge in [0.05, 0.1) is 6.54 Å². The van der Waals surface area contributed by atoms with Crippen molar-refractivity contribution in [3.8, 4) is 0 Å². The highest BCUT2D eigenvalue weighted by molar-refractivity contribution is 7.86. The lowest BCUT2D eigenvalue weighted by atomic mass is 10.1. The monoisotopic (exact) mass is 339 g/mol. The summed E-state index contributed by atoms with van der Waals surface area (Å²) >= 11 is 0. The normalized spacial score (nSPS) is 16.5. The fourth-order valence-corrected chi connectivity index (χ4v) is 1.76. The molecule has 2 N–H and O–H groups in total. The summed E-state index contributed by atoms with van der Waals surface area (Å²) in [5.41, 5.74) is -4.23. The minimum Gasteiger partial charge on any atom is -0.511 e. The molecule has 1 aromatic rings. The molecule has 0 bridgehead atoms. The SMILES string of the molecule is O=S(=O)(O)C(F)(F)F.OC1=CCCN(Cc2ccccc2)C1. The molecule has 0 saturated heterocycles. The van der Waals surface area contributed by atoms with Gasteiger partial charge in [0.15, 0.2) is 0 Å². The molecule has 1 heterocycles. The topological polar surface area (TPSA) is 77.8 Å². The Morgan fingerprint density at radius 1 is 1.18 bits per heavy atom. The standard InChI is InChI=1S/C12H15NO.CHF3O3S/c14-12-7-4-8-13(10-12)9-11-5-2-1-3-6-11;2-1(3,4)8(5,6)7/h1-3,5-7,14H,4,8-10H2;(H,5,6,7). The molecule has 9 heteroatoms. The van der Waals surface area contributed by atoms with E-state index in [1.807, 2.05) is 12.1 Å². The second-order valence-electron chi connectivity index (χ2n) is 4.60. The minimum absolute atomic E-state index is 0.507. The van der Waals surface area contributed by atoms with E-state index in [4.69, 9.17) is 13.0 Å². The summed E-state index contributed by atoms with van der Waals surface area (Å²) in [5, 5.41) is 9.38. The zero-order valence-electron chi connectivity index (χ0n) is 11.5. The lowest BCUT2D eigenvalue weighted by Crippen LogP contribution is -2.29. The first-order valence-corrected chi connectivity index (χ1v) is 7.71. The van der Waals surface area contributed by atoms with Gasteiger partial charge in [-0.05, 0) is 18.1 Å². The van der Waals surface area contributed by atoms with Gasteiger partial charge in [-0.1, -0.05) is 30.3 Å². The van der Waals surface area contributed by atoms with Gasteiger partial charge >= 0.3 is 15.6 Å². The molecule has 0 radical (unpaired) electrons. The molecule has 0 fully saturated rings. The van der Waals surface area contributed by atoms with Crippen LogP contribution in [0.15, 0.2) is 42.2 Å². The summed E-state index contributed by atoms with van der Waals surface area (Å²) in [4.78, 5) is 2.25. The van der Waals surface area contributed by atoms with Gasteiger partial charge < -0.3 is 5.11 Å². The maximum Gasteiger partial charge on any atom is 0.522 e. The second kappa shape index (κ2) is 7.61. The molecule has 1 aromatic carbocycles. The van der Waals surface area contributed by atoms with Crippen molar-refractivity contribution in [2.45, 2.75) is 18.5 Å². The Labute approximate surface area is 126 Å². The Hall–Kier alpha value is -1.58. The third-order valence-corrected chi connectivity index (χ3v) is 3.34. The van der Waals surface area contributed by atoms with Crippen LogP contribution in [0.25, 0.3) is 0 Å². The zero-order chi connectivity index (χ0) is 16.8. The molecule has 22 heavy (non-hydrogen) atoms. The largest absolute Gasteiger partial charge is 0.522 e. The Morgan fingerprint density at radius 2 is 1.73 bits per heavy atom. The van der Waals surface area contributed by atoms with E-state index >= 15 is 0 Å². The predicted molar refractivity (Wildman–Crippen MR) is 74.7 cm³/mol. The molecule has 0 amide bonds. The zero-order valence-corrected chi connectivity index (χ0v) is 12.3. The molecule has 2 rings (SSSR count). The summed E-state index contributed by atoms with van der Waals surface area (Å²) in [5.74, 6) is 0.507. The van der Waals surface area contributed by atoms with E-state index in [1.54, 1.807) is 0 Å². The van der Waals surface area contributed by atoms with E-state index in [1.165, 1.54) is 5.56 Å². The number of hydrogen-bond donors (Lipinski definition) is 2. The maximum absolute atomic E-state index is 10.7. The summed E-state index contributed by atoms with van der Waals surface area (Å²) < 4.78 is 57.5. The van der Waals surface area contributed by atoms with E-state index in [-0.39, 0.29) is 0 Å². The van der Waals surface area contributed by atoms with Crippen molar-refractivity contribution >= 4 is 10.1 Å². The third-order valence-electron chi connectivity index (χ3n) is 2.75. The van der Waals surface area contributed by atoms with E-state index in [9.17, 15) is 18.3 Å². The molecular weight excluding hydrogens is 323 g/mol. The molecule has 0 spiro atoms. The van der Waals surface area contributed by atoms with Crippen LogP contribution in [0, 0.1) is 0 Å². The number of halogens is 3. The molecule has 0 saturated carbocycles. The molecule has 0 aromatic heterocycles. The molecule has 124 valence electrons. The van der Waals surface area contributed by atoms with Gasteiger partial charge in [-0.15, -0.1) is 0 Å². The third kappa shape index (κ3) is 6.46. The summed E-state index contributed by atoms with van der Waals surface area (Å²) in [6.07, 6.45) is 2.86. The van der Waals surface area contributed by atoms with Crippen LogP contribution in [-0.4, -0.2) is 41.6 Å². The van der Waals surface area contributed by atoms with Gasteiger partial charge in [-0.2, -0.15) is 21.6 Å². The lowest BCUT2D eigenvalue weighted by Gasteiger charge is -2.24. The van der Waals surface area contributed by atoms with Gasteiger partial charge in [-0.25, -0.2) is 0 Å². The van der Waals surface area contributed by atoms with E-state index in [0.29, 0.717) is 12.3 Å². The first-order valence-electron chi connectivity index (χ1n) is 6.27. The van der Waals surface area contributed by atoms with Crippen molar-refractivity contribution in [1.29, 1.82) is 0 Å². The molecule has 0 unspecified atom stereocenters. The molecular formula is C13H16F3NO4S. The van der Waals surface area contributed by atoms with Crippen molar-refractivity contribution in [2.24, 2.45) is 0 Å². The number of rotatable bonds is 2. The highest BCUT2D eigenvalue weighted by atomic mass is 32.2. The molecule has 1 aliphatic rings. The van der Waals surface area contributed by atoms with Crippen LogP contribution in [0.5, 0.6) is 0 Å². The Bertz CT molecular complexity index is 599. The molecule has 0 atom stereocenters. The summed E-state index contributed by atoms with van der Waals surface area (Å²) in [6.45, 7) is 2.66. The Morgan fingerprint density at radius 3 is 2.18 bits per heavy atom. The van der Waals surface area contributed by atoms with Crippen LogP contribution < -0.4 is 0 Å². The van der Waals surface area contributed by atoms with Crippen molar-refractivity contribution < 1.29 is 31.2 Å². The number of aliphatic hydroxyl groups is 1. The van der Waals surface area contributed by atoms with Gasteiger partial charge in [0.25, 0.3) is 0 Å². The van der Waals surface area contributed by atoms with E-state index < -0.39 is 15.6 Å². The van der Waals surface area contributed by atoms with Crippen LogP contribution in [0.1, 0.15) is 12.0 Å². The van der Waals surface area contributed by atoms with Crippen LogP contribution in [-0.2, 0) is 16.7 Å². The molecule has 1 aliphatic heterocycles. The quantitative estimate of drug-likeness (QED) is 0.640. The number of alkyl halides is 3. The van der Waals surface area contributed by atoms with Crippen molar-refractivity contribution in [3.05, 3.63) is 47.7 Å². The Balaban J connectivity index is 0.000000261. The fraction of sp³-hybridized carbons (Fsp3) is 0.385. The van der Waals surface area contributed by atoms with E-state index in [0.717, 1.165) is 19.5 Å². The van der Waals surface area contributed by atoms with Gasteiger partial charge in [0.1, 0.15) is 5.76 Å². The van der Waals surface area contributed by atoms with Gasteiger partial charge in [0.2, 0.25) is 0 Å². The number of benzene rings is 1. The summed E-state index contributed by atoms with van der Waals surface area (Å²) in [7, 11) is -5.84. The van der Waals surface area contributed by atoms with Crippen LogP contribution >= 0.6 is 0 Å². The first-order chi connectivity index (χ1) is 10.1. The van der Waals surface area contributed by atoms with Crippen molar-refractivity contribution in [2.75, 3.05) is 13.1 Å². The fourth-order valence-electron chi connectivity index (χ4n) is 1.76. The second-order valence-corrected chi connectivity index (χ2v) is 6.01. The van der Waals surface area contributed by atoms with Crippen molar-refractivity contribution in [1.82, 2.24) is 4.90 Å². The average Bonchev–Trinajstić information content (AvgIpc) is 2.38. The number of nitrogens with zero attached hydrogens (tertiary/aromatic N) is 1. The number of aliphatic hydroxyl groups excluding tert-OH is 1. The highest BCUT2D eigenvalue weighted by Gasteiger charge is 2.44. The predicted octanol–water partition coefficient (Wildman–Crippen LogP) is 2.73. The van der Waals surface area contributed by atoms with Gasteiger partial charge in [0, 0.05) is 13.1 Å². The smallest absolute Gasteiger partial charge is 0.511 e. The maximum atomic E-state index is 10.7. The van der Waals surface area contributed by atoms with Crippen LogP contribution in [0.3, 0.4) is 0 Å². The Kier molecular flexibility index (Phi) is 6.39. The highest BCUT2D eigenvalue weighted by Crippen LogP contribution is 2.20. The van der Waals surface area contributed by atoms with E-state index in [2.05, 4.69) is 29.2 Å². The molecule has 5 nitrogen and oxygen atoms in total. The molecule has 0 aliphatic carbocycles. The van der Waals surface area contributed by atoms with Crippen LogP contribution in [0.2, 0.25) is 0 Å². The first kappa shape index (κ1) is 18.5. The minimum atomic E-state index is -5.84. The van der Waals surface area contributed by atoms with Gasteiger partial charge in [-0.3, -0.25) is 9.45 Å².